The van der Waals surface area contributed by atoms with Crippen LogP contribution in [0.1, 0.15) is 38.6 Å². The van der Waals surface area contributed by atoms with Crippen LogP contribution in [0.25, 0.3) is 11.5 Å². The van der Waals surface area contributed by atoms with Crippen LogP contribution in [-0.2, 0) is 16.6 Å². The molecule has 6 heteroatoms. The fourth-order valence-corrected chi connectivity index (χ4v) is 3.17. The van der Waals surface area contributed by atoms with Crippen LogP contribution in [0.5, 0.6) is 0 Å². The van der Waals surface area contributed by atoms with Gasteiger partial charge in [-0.3, -0.25) is 4.79 Å². The van der Waals surface area contributed by atoms with Crippen molar-refractivity contribution >= 4 is 22.9 Å². The monoisotopic (exact) mass is 355 g/mol. The van der Waals surface area contributed by atoms with Crippen molar-refractivity contribution < 1.29 is 9.21 Å². The number of nitrogens with zero attached hydrogens (tertiary/aromatic N) is 2. The molecule has 0 spiro atoms. The molecule has 0 saturated carbocycles. The predicted molar refractivity (Wildman–Crippen MR) is 99.7 cm³/mol. The number of para-hydroxylation sites is 1. The lowest BCUT2D eigenvalue weighted by atomic mass is 9.86. The molecular weight excluding hydrogens is 334 g/mol. The third-order valence-electron chi connectivity index (χ3n) is 3.81. The van der Waals surface area contributed by atoms with Crippen LogP contribution in [0.3, 0.4) is 0 Å². The minimum absolute atomic E-state index is 0.0359. The highest BCUT2D eigenvalue weighted by Gasteiger charge is 2.19. The predicted octanol–water partition coefficient (Wildman–Crippen LogP) is 4.67. The Hall–Kier alpha value is -2.47. The van der Waals surface area contributed by atoms with Gasteiger partial charge in [-0.05, 0) is 28.5 Å². The third kappa shape index (κ3) is 4.33. The molecule has 25 heavy (non-hydrogen) atoms. The number of hydrogen-bond acceptors (Lipinski definition) is 5. The summed E-state index contributed by atoms with van der Waals surface area (Å²) in [5.74, 6) is 0.905. The Labute approximate surface area is 151 Å². The molecule has 0 atom stereocenters. The van der Waals surface area contributed by atoms with Crippen molar-refractivity contribution in [2.45, 2.75) is 39.0 Å². The van der Waals surface area contributed by atoms with Gasteiger partial charge in [-0.15, -0.1) is 10.2 Å². The van der Waals surface area contributed by atoms with E-state index in [9.17, 15) is 4.79 Å². The Morgan fingerprint density at radius 3 is 2.72 bits per heavy atom. The quantitative estimate of drug-likeness (QED) is 0.722. The van der Waals surface area contributed by atoms with Crippen molar-refractivity contribution in [3.05, 3.63) is 52.5 Å². The number of carbonyl (C=O) groups is 1. The van der Waals surface area contributed by atoms with Gasteiger partial charge in [-0.25, -0.2) is 0 Å². The van der Waals surface area contributed by atoms with Gasteiger partial charge in [0.2, 0.25) is 17.7 Å². The number of carbonyl (C=O) groups excluding carboxylic acids is 1. The number of amides is 1. The van der Waals surface area contributed by atoms with Crippen LogP contribution in [0, 0.1) is 0 Å². The van der Waals surface area contributed by atoms with E-state index in [1.807, 2.05) is 41.1 Å². The molecule has 2 heterocycles. The molecule has 0 aliphatic heterocycles. The van der Waals surface area contributed by atoms with E-state index >= 15 is 0 Å². The highest BCUT2D eigenvalue weighted by atomic mass is 32.1. The second kappa shape index (κ2) is 7.19. The number of rotatable bonds is 5. The van der Waals surface area contributed by atoms with Gasteiger partial charge in [0.1, 0.15) is 0 Å². The van der Waals surface area contributed by atoms with Gasteiger partial charge >= 0.3 is 0 Å². The summed E-state index contributed by atoms with van der Waals surface area (Å²) in [7, 11) is 0. The lowest BCUT2D eigenvalue weighted by molar-refractivity contribution is -0.116. The largest absolute Gasteiger partial charge is 0.421 e. The van der Waals surface area contributed by atoms with Crippen molar-refractivity contribution in [2.75, 3.05) is 5.32 Å². The summed E-state index contributed by atoms with van der Waals surface area (Å²) in [5, 5.41) is 14.9. The number of nitrogens with one attached hydrogen (secondary N) is 1. The van der Waals surface area contributed by atoms with Crippen molar-refractivity contribution in [2.24, 2.45) is 0 Å². The smallest absolute Gasteiger partial charge is 0.248 e. The maximum absolute atomic E-state index is 12.3. The Morgan fingerprint density at radius 2 is 2.00 bits per heavy atom. The average molecular weight is 355 g/mol. The summed E-state index contributed by atoms with van der Waals surface area (Å²) in [6.45, 7) is 6.38. The number of anilines is 1. The molecule has 1 N–H and O–H groups in total. The number of aryl methyl sites for hydroxylation is 1. The molecule has 0 bridgehead atoms. The SMILES string of the molecule is CC(C)(C)c1ccccc1NC(=O)CCc1nnc(-c2ccsc2)o1. The van der Waals surface area contributed by atoms with Gasteiger partial charge in [-0.2, -0.15) is 11.3 Å². The lowest BCUT2D eigenvalue weighted by Crippen LogP contribution is -2.18. The van der Waals surface area contributed by atoms with Crippen molar-refractivity contribution in [3.8, 4) is 11.5 Å². The highest BCUT2D eigenvalue weighted by Crippen LogP contribution is 2.29. The van der Waals surface area contributed by atoms with Crippen molar-refractivity contribution in [1.29, 1.82) is 0 Å². The molecule has 0 aliphatic rings. The first kappa shape index (κ1) is 17.4. The molecule has 2 aromatic heterocycles. The Bertz CT molecular complexity index is 848. The first-order chi connectivity index (χ1) is 11.9. The third-order valence-corrected chi connectivity index (χ3v) is 4.49. The second-order valence-corrected chi connectivity index (χ2v) is 7.64. The maximum atomic E-state index is 12.3. The van der Waals surface area contributed by atoms with Gasteiger partial charge in [0.05, 0.1) is 0 Å². The van der Waals surface area contributed by atoms with E-state index in [1.54, 1.807) is 11.3 Å². The number of thiophene rings is 1. The number of aromatic nitrogens is 2. The highest BCUT2D eigenvalue weighted by molar-refractivity contribution is 7.08. The first-order valence-corrected chi connectivity index (χ1v) is 9.12. The fourth-order valence-electron chi connectivity index (χ4n) is 2.54. The fraction of sp³-hybridized carbons (Fsp3) is 0.316. The Morgan fingerprint density at radius 1 is 1.20 bits per heavy atom. The molecule has 0 radical (unpaired) electrons. The van der Waals surface area contributed by atoms with E-state index < -0.39 is 0 Å². The van der Waals surface area contributed by atoms with E-state index in [2.05, 4.69) is 36.3 Å². The van der Waals surface area contributed by atoms with E-state index in [4.69, 9.17) is 4.42 Å². The van der Waals surface area contributed by atoms with E-state index in [0.29, 0.717) is 24.6 Å². The summed E-state index contributed by atoms with van der Waals surface area (Å²) in [6, 6.07) is 9.81. The molecule has 0 aliphatic carbocycles. The summed E-state index contributed by atoms with van der Waals surface area (Å²) >= 11 is 1.57. The lowest BCUT2D eigenvalue weighted by Gasteiger charge is -2.22. The van der Waals surface area contributed by atoms with Crippen LogP contribution in [-0.4, -0.2) is 16.1 Å². The van der Waals surface area contributed by atoms with Crippen LogP contribution in [0.4, 0.5) is 5.69 Å². The minimum Gasteiger partial charge on any atom is -0.421 e. The Kier molecular flexibility index (Phi) is 4.99. The van der Waals surface area contributed by atoms with E-state index in [-0.39, 0.29) is 11.3 Å². The van der Waals surface area contributed by atoms with Crippen LogP contribution in [0.15, 0.2) is 45.5 Å². The summed E-state index contributed by atoms with van der Waals surface area (Å²) in [5.41, 5.74) is 2.84. The van der Waals surface area contributed by atoms with E-state index in [1.165, 1.54) is 0 Å². The van der Waals surface area contributed by atoms with Crippen molar-refractivity contribution in [3.63, 3.8) is 0 Å². The van der Waals surface area contributed by atoms with Gasteiger partial charge < -0.3 is 9.73 Å². The molecule has 130 valence electrons. The molecule has 1 amide bonds. The normalized spacial score (nSPS) is 11.5. The van der Waals surface area contributed by atoms with Crippen LogP contribution in [0.2, 0.25) is 0 Å². The standard InChI is InChI=1S/C19H21N3O2S/c1-19(2,3)14-6-4-5-7-15(14)20-16(23)8-9-17-21-22-18(24-17)13-10-11-25-12-13/h4-7,10-12H,8-9H2,1-3H3,(H,20,23). The molecule has 3 rings (SSSR count). The molecule has 3 aromatic rings. The van der Waals surface area contributed by atoms with Crippen LogP contribution < -0.4 is 5.32 Å². The molecule has 0 saturated heterocycles. The second-order valence-electron chi connectivity index (χ2n) is 6.86. The maximum Gasteiger partial charge on any atom is 0.248 e. The molecule has 1 aromatic carbocycles. The van der Waals surface area contributed by atoms with E-state index in [0.717, 1.165) is 16.8 Å². The number of hydrogen-bond donors (Lipinski definition) is 1. The zero-order chi connectivity index (χ0) is 17.9. The van der Waals surface area contributed by atoms with Gasteiger partial charge in [0, 0.05) is 29.5 Å². The van der Waals surface area contributed by atoms with Gasteiger partial charge in [-0.1, -0.05) is 39.0 Å². The summed E-state index contributed by atoms with van der Waals surface area (Å²) in [4.78, 5) is 12.3. The first-order valence-electron chi connectivity index (χ1n) is 8.18. The summed E-state index contributed by atoms with van der Waals surface area (Å²) < 4.78 is 5.61. The molecule has 5 nitrogen and oxygen atoms in total. The Balaban J connectivity index is 1.61. The number of benzene rings is 1. The van der Waals surface area contributed by atoms with Crippen LogP contribution >= 0.6 is 11.3 Å². The van der Waals surface area contributed by atoms with Crippen molar-refractivity contribution in [1.82, 2.24) is 10.2 Å². The average Bonchev–Trinajstić information content (AvgIpc) is 3.24. The molecule has 0 fully saturated rings. The van der Waals surface area contributed by atoms with Gasteiger partial charge in [0.15, 0.2) is 0 Å². The zero-order valence-corrected chi connectivity index (χ0v) is 15.4. The summed E-state index contributed by atoms with van der Waals surface area (Å²) in [6.07, 6.45) is 0.713. The van der Waals surface area contributed by atoms with Gasteiger partial charge in [0.25, 0.3) is 0 Å². The minimum atomic E-state index is -0.0630. The zero-order valence-electron chi connectivity index (χ0n) is 14.6. The molecule has 0 unspecified atom stereocenters. The topological polar surface area (TPSA) is 68.0 Å². The molecular formula is C19H21N3O2S.